The molecule has 0 aromatic heterocycles. The van der Waals surface area contributed by atoms with E-state index in [0.717, 1.165) is 6.42 Å². The van der Waals surface area contributed by atoms with Crippen LogP contribution < -0.4 is 14.8 Å². The van der Waals surface area contributed by atoms with Gasteiger partial charge in [-0.1, -0.05) is 0 Å². The Balaban J connectivity index is 1.40. The number of nitrogens with one attached hydrogen (secondary N) is 1. The molecule has 7 heteroatoms. The first-order chi connectivity index (χ1) is 13.1. The molecule has 0 aliphatic carbocycles. The van der Waals surface area contributed by atoms with Crippen LogP contribution in [-0.4, -0.2) is 36.6 Å². The number of hydrogen-bond acceptors (Lipinski definition) is 4. The summed E-state index contributed by atoms with van der Waals surface area (Å²) in [6.45, 7) is 1.10. The number of rotatable bonds is 3. The van der Waals surface area contributed by atoms with E-state index in [2.05, 4.69) is 5.32 Å². The van der Waals surface area contributed by atoms with Crippen LogP contribution in [0.5, 0.6) is 11.5 Å². The summed E-state index contributed by atoms with van der Waals surface area (Å²) in [5, 5.41) is 2.89. The molecule has 1 saturated heterocycles. The van der Waals surface area contributed by atoms with E-state index in [1.807, 2.05) is 0 Å². The number of likely N-dealkylation sites (tertiary alicyclic amines) is 1. The number of fused-ring (bicyclic) bond motifs is 1. The van der Waals surface area contributed by atoms with Crippen molar-refractivity contribution in [1.82, 2.24) is 4.90 Å². The quantitative estimate of drug-likeness (QED) is 0.902. The van der Waals surface area contributed by atoms with Crippen molar-refractivity contribution in [2.24, 2.45) is 5.92 Å². The highest BCUT2D eigenvalue weighted by Gasteiger charge is 2.29. The van der Waals surface area contributed by atoms with Gasteiger partial charge >= 0.3 is 0 Å². The number of carbonyl (C=O) groups is 2. The zero-order valence-electron chi connectivity index (χ0n) is 14.6. The SMILES string of the molecule is O=C(Nc1ccc2c(c1)OCO2)C1CCCN(C(=O)c2ccc(F)cc2)C1. The summed E-state index contributed by atoms with van der Waals surface area (Å²) in [4.78, 5) is 26.9. The molecule has 2 aromatic rings. The van der Waals surface area contributed by atoms with Gasteiger partial charge in [-0.2, -0.15) is 0 Å². The Bertz CT molecular complexity index is 869. The molecule has 2 aromatic carbocycles. The minimum absolute atomic E-state index is 0.134. The first-order valence-electron chi connectivity index (χ1n) is 8.85. The van der Waals surface area contributed by atoms with Gasteiger partial charge in [-0.25, -0.2) is 4.39 Å². The van der Waals surface area contributed by atoms with E-state index in [1.165, 1.54) is 24.3 Å². The molecule has 0 spiro atoms. The Morgan fingerprint density at radius 1 is 1.07 bits per heavy atom. The molecule has 2 amide bonds. The fourth-order valence-corrected chi connectivity index (χ4v) is 3.37. The first-order valence-corrected chi connectivity index (χ1v) is 8.85. The number of hydrogen-bond donors (Lipinski definition) is 1. The van der Waals surface area contributed by atoms with Gasteiger partial charge in [0, 0.05) is 30.4 Å². The van der Waals surface area contributed by atoms with E-state index in [1.54, 1.807) is 23.1 Å². The number of benzene rings is 2. The summed E-state index contributed by atoms with van der Waals surface area (Å²) in [6, 6.07) is 10.7. The van der Waals surface area contributed by atoms with Crippen LogP contribution in [0.2, 0.25) is 0 Å². The number of piperidine rings is 1. The van der Waals surface area contributed by atoms with Crippen LogP contribution in [0.25, 0.3) is 0 Å². The zero-order valence-corrected chi connectivity index (χ0v) is 14.6. The van der Waals surface area contributed by atoms with Crippen molar-refractivity contribution in [3.05, 3.63) is 53.8 Å². The highest BCUT2D eigenvalue weighted by atomic mass is 19.1. The fourth-order valence-electron chi connectivity index (χ4n) is 3.37. The van der Waals surface area contributed by atoms with Gasteiger partial charge in [-0.15, -0.1) is 0 Å². The molecular weight excluding hydrogens is 351 g/mol. The van der Waals surface area contributed by atoms with Gasteiger partial charge in [0.15, 0.2) is 11.5 Å². The maximum absolute atomic E-state index is 13.1. The van der Waals surface area contributed by atoms with E-state index in [9.17, 15) is 14.0 Å². The van der Waals surface area contributed by atoms with E-state index in [0.29, 0.717) is 42.3 Å². The molecule has 0 saturated carbocycles. The Kier molecular flexibility index (Phi) is 4.66. The predicted octanol–water partition coefficient (Wildman–Crippen LogP) is 3.05. The van der Waals surface area contributed by atoms with Gasteiger partial charge < -0.3 is 19.7 Å². The standard InChI is InChI=1S/C20H19FN2O4/c21-15-5-3-13(4-6-15)20(25)23-9-1-2-14(11-23)19(24)22-16-7-8-17-18(10-16)27-12-26-17/h3-8,10,14H,1-2,9,11-12H2,(H,22,24). The van der Waals surface area contributed by atoms with E-state index < -0.39 is 0 Å². The Labute approximate surface area is 155 Å². The normalized spacial score (nSPS) is 18.3. The van der Waals surface area contributed by atoms with Crippen molar-refractivity contribution in [2.75, 3.05) is 25.2 Å². The van der Waals surface area contributed by atoms with Gasteiger partial charge in [0.05, 0.1) is 5.92 Å². The van der Waals surface area contributed by atoms with Crippen LogP contribution in [0, 0.1) is 11.7 Å². The molecule has 1 atom stereocenters. The number of anilines is 1. The summed E-state index contributed by atoms with van der Waals surface area (Å²) in [5.74, 6) is 0.257. The fraction of sp³-hybridized carbons (Fsp3) is 0.300. The van der Waals surface area contributed by atoms with Gasteiger partial charge in [-0.05, 0) is 49.2 Å². The van der Waals surface area contributed by atoms with Gasteiger partial charge in [0.2, 0.25) is 12.7 Å². The Hall–Kier alpha value is -3.09. The van der Waals surface area contributed by atoms with E-state index in [-0.39, 0.29) is 30.3 Å². The molecule has 1 unspecified atom stereocenters. The van der Waals surface area contributed by atoms with Crippen molar-refractivity contribution in [2.45, 2.75) is 12.8 Å². The van der Waals surface area contributed by atoms with Crippen LogP contribution in [-0.2, 0) is 4.79 Å². The van der Waals surface area contributed by atoms with Crippen LogP contribution >= 0.6 is 0 Å². The number of ether oxygens (including phenoxy) is 2. The summed E-state index contributed by atoms with van der Waals surface area (Å²) in [6.07, 6.45) is 1.45. The summed E-state index contributed by atoms with van der Waals surface area (Å²) in [7, 11) is 0. The molecule has 4 rings (SSSR count). The third-order valence-corrected chi connectivity index (χ3v) is 4.81. The second kappa shape index (κ2) is 7.26. The van der Waals surface area contributed by atoms with Gasteiger partial charge in [0.1, 0.15) is 5.82 Å². The molecule has 1 N–H and O–H groups in total. The lowest BCUT2D eigenvalue weighted by Gasteiger charge is -2.32. The maximum atomic E-state index is 13.1. The second-order valence-electron chi connectivity index (χ2n) is 6.65. The maximum Gasteiger partial charge on any atom is 0.253 e. The topological polar surface area (TPSA) is 67.9 Å². The third-order valence-electron chi connectivity index (χ3n) is 4.81. The summed E-state index contributed by atoms with van der Waals surface area (Å²) < 4.78 is 23.6. The number of carbonyl (C=O) groups excluding carboxylic acids is 2. The molecule has 2 aliphatic rings. The van der Waals surface area contributed by atoms with E-state index in [4.69, 9.17) is 9.47 Å². The predicted molar refractivity (Wildman–Crippen MR) is 96.2 cm³/mol. The smallest absolute Gasteiger partial charge is 0.253 e. The minimum atomic E-state index is -0.383. The average molecular weight is 370 g/mol. The van der Waals surface area contributed by atoms with E-state index >= 15 is 0 Å². The van der Waals surface area contributed by atoms with Crippen LogP contribution in [0.1, 0.15) is 23.2 Å². The van der Waals surface area contributed by atoms with Crippen molar-refractivity contribution < 1.29 is 23.5 Å². The molecule has 140 valence electrons. The van der Waals surface area contributed by atoms with Gasteiger partial charge in [-0.3, -0.25) is 9.59 Å². The number of amides is 2. The third kappa shape index (κ3) is 3.72. The lowest BCUT2D eigenvalue weighted by atomic mass is 9.96. The summed E-state index contributed by atoms with van der Waals surface area (Å²) in [5.41, 5.74) is 1.06. The molecule has 2 aliphatic heterocycles. The van der Waals surface area contributed by atoms with Crippen LogP contribution in [0.3, 0.4) is 0 Å². The highest BCUT2D eigenvalue weighted by Crippen LogP contribution is 2.34. The Morgan fingerprint density at radius 3 is 2.67 bits per heavy atom. The Morgan fingerprint density at radius 2 is 1.85 bits per heavy atom. The number of nitrogens with zero attached hydrogens (tertiary/aromatic N) is 1. The highest BCUT2D eigenvalue weighted by molar-refractivity contribution is 5.96. The lowest BCUT2D eigenvalue weighted by Crippen LogP contribution is -2.43. The monoisotopic (exact) mass is 370 g/mol. The zero-order chi connectivity index (χ0) is 18.8. The second-order valence-corrected chi connectivity index (χ2v) is 6.65. The average Bonchev–Trinajstić information content (AvgIpc) is 3.16. The van der Waals surface area contributed by atoms with Crippen molar-refractivity contribution in [3.8, 4) is 11.5 Å². The molecule has 0 bridgehead atoms. The lowest BCUT2D eigenvalue weighted by molar-refractivity contribution is -0.121. The molecular formula is C20H19FN2O4. The first kappa shape index (κ1) is 17.3. The van der Waals surface area contributed by atoms with Crippen LogP contribution in [0.15, 0.2) is 42.5 Å². The molecule has 6 nitrogen and oxygen atoms in total. The van der Waals surface area contributed by atoms with Crippen molar-refractivity contribution in [1.29, 1.82) is 0 Å². The molecule has 1 fully saturated rings. The minimum Gasteiger partial charge on any atom is -0.454 e. The largest absolute Gasteiger partial charge is 0.454 e. The van der Waals surface area contributed by atoms with Crippen molar-refractivity contribution in [3.63, 3.8) is 0 Å². The molecule has 0 radical (unpaired) electrons. The summed E-state index contributed by atoms with van der Waals surface area (Å²) >= 11 is 0. The molecule has 27 heavy (non-hydrogen) atoms. The number of halogens is 1. The molecule has 2 heterocycles. The van der Waals surface area contributed by atoms with Crippen LogP contribution in [0.4, 0.5) is 10.1 Å². The van der Waals surface area contributed by atoms with Gasteiger partial charge in [0.25, 0.3) is 5.91 Å². The van der Waals surface area contributed by atoms with Crippen molar-refractivity contribution >= 4 is 17.5 Å².